The van der Waals surface area contributed by atoms with E-state index in [1.165, 1.54) is 67.3 Å². The monoisotopic (exact) mass is 306 g/mol. The van der Waals surface area contributed by atoms with Crippen LogP contribution < -0.4 is 10.2 Å². The van der Waals surface area contributed by atoms with Crippen LogP contribution in [-0.2, 0) is 6.42 Å². The number of aryl methyl sites for hydroxylation is 1. The highest BCUT2D eigenvalue weighted by molar-refractivity contribution is 7.15. The number of likely N-dealkylation sites (N-methyl/N-ethyl adjacent to an activating group) is 1. The Hall–Kier alpha value is -0.650. The number of thiazole rings is 1. The summed E-state index contributed by atoms with van der Waals surface area (Å²) in [5.41, 5.74) is 1.36. The Morgan fingerprint density at radius 3 is 2.90 bits per heavy atom. The van der Waals surface area contributed by atoms with Gasteiger partial charge in [0, 0.05) is 36.1 Å². The summed E-state index contributed by atoms with van der Waals surface area (Å²) >= 11 is 1.95. The predicted octanol–water partition coefficient (Wildman–Crippen LogP) is 2.41. The molecule has 5 heteroatoms. The Bertz CT molecular complexity index is 514. The van der Waals surface area contributed by atoms with Crippen molar-refractivity contribution in [3.8, 4) is 0 Å². The van der Waals surface area contributed by atoms with Crippen molar-refractivity contribution in [2.24, 2.45) is 0 Å². The first-order chi connectivity index (χ1) is 10.3. The van der Waals surface area contributed by atoms with Crippen molar-refractivity contribution in [3.63, 3.8) is 0 Å². The Balaban J connectivity index is 1.58. The Kier molecular flexibility index (Phi) is 3.67. The highest BCUT2D eigenvalue weighted by Gasteiger charge is 2.36. The SMILES string of the molecule is CNC1CCCc2nc(N3CCC4CCC(C3)N4C)sc21. The van der Waals surface area contributed by atoms with Crippen LogP contribution in [0.15, 0.2) is 0 Å². The van der Waals surface area contributed by atoms with Gasteiger partial charge in [0.05, 0.1) is 5.69 Å². The third kappa shape index (κ3) is 2.39. The van der Waals surface area contributed by atoms with E-state index in [4.69, 9.17) is 4.98 Å². The normalized spacial score (nSPS) is 33.0. The molecule has 4 nitrogen and oxygen atoms in total. The average Bonchev–Trinajstić information content (AvgIpc) is 3.00. The van der Waals surface area contributed by atoms with Crippen molar-refractivity contribution in [2.75, 3.05) is 32.1 Å². The highest BCUT2D eigenvalue weighted by atomic mass is 32.1. The Morgan fingerprint density at radius 1 is 1.19 bits per heavy atom. The summed E-state index contributed by atoms with van der Waals surface area (Å²) in [4.78, 5) is 11.7. The molecule has 0 spiro atoms. The van der Waals surface area contributed by atoms with E-state index in [0.717, 1.165) is 12.1 Å². The molecule has 3 unspecified atom stereocenters. The van der Waals surface area contributed by atoms with Gasteiger partial charge in [0.1, 0.15) is 0 Å². The number of hydrogen-bond donors (Lipinski definition) is 1. The second-order valence-electron chi connectivity index (χ2n) is 6.83. The molecule has 4 rings (SSSR count). The summed E-state index contributed by atoms with van der Waals surface area (Å²) in [6.45, 7) is 2.35. The second kappa shape index (κ2) is 5.52. The Morgan fingerprint density at radius 2 is 2.05 bits per heavy atom. The van der Waals surface area contributed by atoms with Gasteiger partial charge < -0.3 is 10.2 Å². The third-order valence-electron chi connectivity index (χ3n) is 5.71. The molecule has 3 atom stereocenters. The predicted molar refractivity (Wildman–Crippen MR) is 88.3 cm³/mol. The van der Waals surface area contributed by atoms with E-state index in [0.29, 0.717) is 6.04 Å². The van der Waals surface area contributed by atoms with Crippen molar-refractivity contribution in [3.05, 3.63) is 10.6 Å². The number of aromatic nitrogens is 1. The first-order valence-corrected chi connectivity index (χ1v) is 9.21. The van der Waals surface area contributed by atoms with E-state index in [1.54, 1.807) is 0 Å². The quantitative estimate of drug-likeness (QED) is 0.909. The van der Waals surface area contributed by atoms with Crippen molar-refractivity contribution >= 4 is 16.5 Å². The van der Waals surface area contributed by atoms with Gasteiger partial charge in [-0.15, -0.1) is 0 Å². The standard InChI is InChI=1S/C16H26N4S/c1-17-13-4-3-5-14-15(13)21-16(18-14)20-9-8-11-6-7-12(10-20)19(11)2/h11-13,17H,3-10H2,1-2H3. The number of fused-ring (bicyclic) bond motifs is 3. The van der Waals surface area contributed by atoms with Crippen LogP contribution in [0, 0.1) is 0 Å². The van der Waals surface area contributed by atoms with E-state index in [1.807, 2.05) is 11.3 Å². The lowest BCUT2D eigenvalue weighted by Gasteiger charge is -2.25. The molecule has 2 fully saturated rings. The van der Waals surface area contributed by atoms with E-state index in [2.05, 4.69) is 29.2 Å². The fraction of sp³-hybridized carbons (Fsp3) is 0.812. The van der Waals surface area contributed by atoms with Crippen molar-refractivity contribution in [1.82, 2.24) is 15.2 Å². The van der Waals surface area contributed by atoms with Gasteiger partial charge in [-0.05, 0) is 52.6 Å². The molecule has 3 heterocycles. The van der Waals surface area contributed by atoms with E-state index >= 15 is 0 Å². The molecule has 3 aliphatic rings. The largest absolute Gasteiger partial charge is 0.346 e. The van der Waals surface area contributed by atoms with Gasteiger partial charge in [-0.25, -0.2) is 4.98 Å². The Labute approximate surface area is 131 Å². The summed E-state index contributed by atoms with van der Waals surface area (Å²) in [5.74, 6) is 0. The van der Waals surface area contributed by atoms with Crippen LogP contribution in [0.2, 0.25) is 0 Å². The molecular weight excluding hydrogens is 280 g/mol. The minimum atomic E-state index is 0.533. The average molecular weight is 306 g/mol. The highest BCUT2D eigenvalue weighted by Crippen LogP contribution is 2.39. The molecule has 1 N–H and O–H groups in total. The molecule has 2 saturated heterocycles. The first kappa shape index (κ1) is 14.0. The van der Waals surface area contributed by atoms with Crippen LogP contribution in [0.25, 0.3) is 0 Å². The summed E-state index contributed by atoms with van der Waals surface area (Å²) in [6.07, 6.45) is 7.76. The van der Waals surface area contributed by atoms with Gasteiger partial charge in [0.15, 0.2) is 5.13 Å². The summed E-state index contributed by atoms with van der Waals surface area (Å²) in [6, 6.07) is 2.07. The molecular formula is C16H26N4S. The van der Waals surface area contributed by atoms with E-state index < -0.39 is 0 Å². The minimum Gasteiger partial charge on any atom is -0.346 e. The van der Waals surface area contributed by atoms with Gasteiger partial charge in [-0.1, -0.05) is 11.3 Å². The summed E-state index contributed by atoms with van der Waals surface area (Å²) < 4.78 is 0. The lowest BCUT2D eigenvalue weighted by molar-refractivity contribution is 0.254. The molecule has 1 aromatic rings. The minimum absolute atomic E-state index is 0.533. The molecule has 116 valence electrons. The zero-order valence-electron chi connectivity index (χ0n) is 13.1. The van der Waals surface area contributed by atoms with Gasteiger partial charge in [0.25, 0.3) is 0 Å². The fourth-order valence-corrected chi connectivity index (χ4v) is 5.59. The van der Waals surface area contributed by atoms with Gasteiger partial charge in [-0.3, -0.25) is 4.90 Å². The zero-order chi connectivity index (χ0) is 14.4. The maximum Gasteiger partial charge on any atom is 0.185 e. The maximum absolute atomic E-state index is 5.01. The molecule has 0 aromatic carbocycles. The molecule has 0 saturated carbocycles. The van der Waals surface area contributed by atoms with Crippen LogP contribution in [0.3, 0.4) is 0 Å². The smallest absolute Gasteiger partial charge is 0.185 e. The third-order valence-corrected chi connectivity index (χ3v) is 6.98. The number of hydrogen-bond acceptors (Lipinski definition) is 5. The second-order valence-corrected chi connectivity index (χ2v) is 7.84. The molecule has 0 radical (unpaired) electrons. The first-order valence-electron chi connectivity index (χ1n) is 8.40. The molecule has 1 aromatic heterocycles. The van der Waals surface area contributed by atoms with E-state index in [-0.39, 0.29) is 0 Å². The van der Waals surface area contributed by atoms with E-state index in [9.17, 15) is 0 Å². The van der Waals surface area contributed by atoms with Crippen molar-refractivity contribution < 1.29 is 0 Å². The van der Waals surface area contributed by atoms with Crippen molar-refractivity contribution in [2.45, 2.75) is 56.7 Å². The molecule has 1 aliphatic carbocycles. The number of anilines is 1. The fourth-order valence-electron chi connectivity index (χ4n) is 4.30. The van der Waals surface area contributed by atoms with Crippen LogP contribution in [0.4, 0.5) is 5.13 Å². The van der Waals surface area contributed by atoms with Crippen LogP contribution >= 0.6 is 11.3 Å². The van der Waals surface area contributed by atoms with Gasteiger partial charge in [0.2, 0.25) is 0 Å². The molecule has 0 amide bonds. The summed E-state index contributed by atoms with van der Waals surface area (Å²) in [5, 5.41) is 4.75. The van der Waals surface area contributed by atoms with Crippen LogP contribution in [0.1, 0.15) is 48.7 Å². The number of nitrogens with one attached hydrogen (secondary N) is 1. The van der Waals surface area contributed by atoms with Crippen LogP contribution in [-0.4, -0.2) is 49.2 Å². The number of rotatable bonds is 2. The van der Waals surface area contributed by atoms with Gasteiger partial charge in [-0.2, -0.15) is 0 Å². The summed E-state index contributed by atoms with van der Waals surface area (Å²) in [7, 11) is 4.40. The molecule has 2 aliphatic heterocycles. The van der Waals surface area contributed by atoms with Crippen molar-refractivity contribution in [1.29, 1.82) is 0 Å². The number of nitrogens with zero attached hydrogens (tertiary/aromatic N) is 3. The van der Waals surface area contributed by atoms with Crippen LogP contribution in [0.5, 0.6) is 0 Å². The molecule has 2 bridgehead atoms. The van der Waals surface area contributed by atoms with Gasteiger partial charge >= 0.3 is 0 Å². The maximum atomic E-state index is 5.01. The lowest BCUT2D eigenvalue weighted by Crippen LogP contribution is -2.36. The zero-order valence-corrected chi connectivity index (χ0v) is 14.0. The molecule has 21 heavy (non-hydrogen) atoms. The lowest BCUT2D eigenvalue weighted by atomic mass is 9.98. The topological polar surface area (TPSA) is 31.4 Å².